The first-order valence-electron chi connectivity index (χ1n) is 12.4. The van der Waals surface area contributed by atoms with Gasteiger partial charge in [0.2, 0.25) is 6.79 Å². The number of aliphatic hydroxyl groups excluding tert-OH is 1. The van der Waals surface area contributed by atoms with E-state index in [0.717, 1.165) is 4.57 Å². The summed E-state index contributed by atoms with van der Waals surface area (Å²) in [6.45, 7) is 5.49. The van der Waals surface area contributed by atoms with Crippen LogP contribution in [0.25, 0.3) is 10.4 Å². The zero-order valence-corrected chi connectivity index (χ0v) is 23.5. The Kier molecular flexibility index (Phi) is 8.77. The molecule has 17 nitrogen and oxygen atoms in total. The first kappa shape index (κ1) is 30.1. The van der Waals surface area contributed by atoms with Gasteiger partial charge in [-0.05, 0) is 51.4 Å². The van der Waals surface area contributed by atoms with Gasteiger partial charge in [-0.1, -0.05) is 5.11 Å². The van der Waals surface area contributed by atoms with Gasteiger partial charge in [-0.25, -0.2) is 9.36 Å². The molecule has 1 unspecified atom stereocenters. The molecule has 0 radical (unpaired) electrons. The molecule has 0 amide bonds. The highest BCUT2D eigenvalue weighted by molar-refractivity contribution is 7.52. The molecule has 2 aliphatic rings. The molecule has 41 heavy (non-hydrogen) atoms. The lowest BCUT2D eigenvalue weighted by atomic mass is 9.93. The third-order valence-corrected chi connectivity index (χ3v) is 7.80. The number of aliphatic hydroxyl groups is 1. The van der Waals surface area contributed by atoms with Crippen LogP contribution in [-0.2, 0) is 23.4 Å². The Labute approximate surface area is 233 Å². The Morgan fingerprint density at radius 3 is 2.78 bits per heavy atom. The van der Waals surface area contributed by atoms with Crippen LogP contribution in [-0.4, -0.2) is 63.9 Å². The molecule has 3 heterocycles. The van der Waals surface area contributed by atoms with Crippen molar-refractivity contribution in [2.24, 2.45) is 5.11 Å². The first-order chi connectivity index (χ1) is 19.3. The van der Waals surface area contributed by atoms with Crippen LogP contribution in [0.5, 0.6) is 17.2 Å². The van der Waals surface area contributed by atoms with E-state index >= 15 is 0 Å². The van der Waals surface area contributed by atoms with Gasteiger partial charge in [0, 0.05) is 17.2 Å². The summed E-state index contributed by atoms with van der Waals surface area (Å²) in [6, 6.07) is 4.60. The molecule has 6 atom stereocenters. The number of aromatic nitrogens is 2. The number of ether oxygens (including phenoxy) is 4. The van der Waals surface area contributed by atoms with Crippen molar-refractivity contribution in [3.63, 3.8) is 0 Å². The number of nitrogens with one attached hydrogen (secondary N) is 1. The van der Waals surface area contributed by atoms with Gasteiger partial charge in [-0.3, -0.25) is 13.9 Å². The SMILES string of the molecule is CC(C)OC(=O)[C@H](C)NP(=O)(OC[C@H]1O[C@@H](n2ccc(N)nc2=O)[C@](C)(N=[N+]=[N-])[C@@H]1O)Oc1ccc2c(c1)OCO2. The van der Waals surface area contributed by atoms with Gasteiger partial charge in [0.05, 0.1) is 18.8 Å². The van der Waals surface area contributed by atoms with E-state index in [4.69, 9.17) is 33.7 Å². The average molecular weight is 596 g/mol. The first-order valence-corrected chi connectivity index (χ1v) is 14.0. The predicted molar refractivity (Wildman–Crippen MR) is 141 cm³/mol. The minimum atomic E-state index is -4.40. The Morgan fingerprint density at radius 2 is 2.10 bits per heavy atom. The molecule has 0 spiro atoms. The molecule has 1 saturated heterocycles. The number of nitrogen functional groups attached to an aromatic ring is 1. The molecule has 0 aliphatic carbocycles. The number of nitrogens with two attached hydrogens (primary N) is 1. The Bertz CT molecular complexity index is 1450. The number of nitrogens with zero attached hydrogens (tertiary/aromatic N) is 5. The zero-order chi connectivity index (χ0) is 29.9. The second kappa shape index (κ2) is 11.9. The van der Waals surface area contributed by atoms with Crippen molar-refractivity contribution in [3.05, 3.63) is 51.4 Å². The van der Waals surface area contributed by atoms with E-state index in [9.17, 15) is 24.8 Å². The number of carbonyl (C=O) groups is 1. The number of carbonyl (C=O) groups excluding carboxylic acids is 1. The van der Waals surface area contributed by atoms with Crippen LogP contribution in [0.15, 0.2) is 40.4 Å². The summed E-state index contributed by atoms with van der Waals surface area (Å²) in [5.41, 5.74) is 12.2. The monoisotopic (exact) mass is 595 g/mol. The van der Waals surface area contributed by atoms with Gasteiger partial charge in [-0.2, -0.15) is 10.1 Å². The lowest BCUT2D eigenvalue weighted by Crippen LogP contribution is -2.45. The summed E-state index contributed by atoms with van der Waals surface area (Å²) in [5, 5.41) is 17.3. The van der Waals surface area contributed by atoms with Crippen LogP contribution >= 0.6 is 7.75 Å². The molecular weight excluding hydrogens is 565 g/mol. The highest BCUT2D eigenvalue weighted by Gasteiger charge is 2.55. The number of hydrogen-bond acceptors (Lipinski definition) is 13. The van der Waals surface area contributed by atoms with E-state index < -0.39 is 62.1 Å². The van der Waals surface area contributed by atoms with Gasteiger partial charge in [0.15, 0.2) is 17.7 Å². The molecule has 1 fully saturated rings. The van der Waals surface area contributed by atoms with Crippen LogP contribution < -0.4 is 30.5 Å². The lowest BCUT2D eigenvalue weighted by Gasteiger charge is -2.28. The van der Waals surface area contributed by atoms with Gasteiger partial charge in [0.25, 0.3) is 0 Å². The van der Waals surface area contributed by atoms with Crippen molar-refractivity contribution >= 4 is 19.5 Å². The Morgan fingerprint density at radius 1 is 1.37 bits per heavy atom. The number of anilines is 1. The van der Waals surface area contributed by atoms with Crippen LogP contribution in [0.3, 0.4) is 0 Å². The van der Waals surface area contributed by atoms with E-state index in [1.54, 1.807) is 13.8 Å². The van der Waals surface area contributed by atoms with E-state index in [2.05, 4.69) is 20.1 Å². The minimum Gasteiger partial charge on any atom is -0.462 e. The largest absolute Gasteiger partial charge is 0.462 e. The maximum atomic E-state index is 13.9. The second-order valence-electron chi connectivity index (χ2n) is 9.67. The summed E-state index contributed by atoms with van der Waals surface area (Å²) in [6.07, 6.45) is -3.33. The highest BCUT2D eigenvalue weighted by Crippen LogP contribution is 2.49. The highest BCUT2D eigenvalue weighted by atomic mass is 31.2. The Hall–Kier alpha value is -3.85. The molecule has 2 aliphatic heterocycles. The van der Waals surface area contributed by atoms with Crippen LogP contribution in [0.1, 0.15) is 33.9 Å². The van der Waals surface area contributed by atoms with Gasteiger partial charge >= 0.3 is 19.4 Å². The molecule has 4 rings (SSSR count). The predicted octanol–water partition coefficient (Wildman–Crippen LogP) is 2.01. The molecule has 1 aromatic heterocycles. The maximum absolute atomic E-state index is 13.9. The van der Waals surface area contributed by atoms with Crippen molar-refractivity contribution in [2.75, 3.05) is 19.1 Å². The molecule has 18 heteroatoms. The third-order valence-electron chi connectivity index (χ3n) is 6.15. The van der Waals surface area contributed by atoms with Gasteiger partial charge < -0.3 is 34.3 Å². The fraction of sp³-hybridized carbons (Fsp3) is 0.522. The van der Waals surface area contributed by atoms with Crippen molar-refractivity contribution in [1.82, 2.24) is 14.6 Å². The van der Waals surface area contributed by atoms with Crippen LogP contribution in [0.2, 0.25) is 0 Å². The number of esters is 1. The number of benzene rings is 1. The fourth-order valence-electron chi connectivity index (χ4n) is 4.15. The summed E-state index contributed by atoms with van der Waals surface area (Å²) in [4.78, 5) is 31.4. The fourth-order valence-corrected chi connectivity index (χ4v) is 5.64. The van der Waals surface area contributed by atoms with E-state index in [0.29, 0.717) is 11.5 Å². The topological polar surface area (TPSA) is 231 Å². The van der Waals surface area contributed by atoms with Crippen molar-refractivity contribution in [1.29, 1.82) is 0 Å². The molecule has 2 aromatic rings. The van der Waals surface area contributed by atoms with Crippen molar-refractivity contribution in [2.45, 2.75) is 63.8 Å². The zero-order valence-electron chi connectivity index (χ0n) is 22.6. The summed E-state index contributed by atoms with van der Waals surface area (Å²) >= 11 is 0. The lowest BCUT2D eigenvalue weighted by molar-refractivity contribution is -0.149. The van der Waals surface area contributed by atoms with Crippen LogP contribution in [0.4, 0.5) is 5.82 Å². The quantitative estimate of drug-likeness (QED) is 0.111. The standard InChI is InChI=1S/C23H30N7O10P/c1-12(2)38-20(32)13(3)27-41(34,40-14-5-6-15-16(9-14)36-11-35-15)37-10-17-19(31)23(4,28-29-25)21(39-17)30-8-7-18(24)26-22(30)33/h5-9,12-13,17,19,21,31H,10-11H2,1-4H3,(H,27,34)(H2,24,26,33)/t13-,17+,19+,21+,23+,41?/m0/s1. The van der Waals surface area contributed by atoms with E-state index in [1.807, 2.05) is 0 Å². The van der Waals surface area contributed by atoms with E-state index in [1.165, 1.54) is 44.3 Å². The average Bonchev–Trinajstić information content (AvgIpc) is 3.45. The van der Waals surface area contributed by atoms with Gasteiger partial charge in [-0.15, -0.1) is 0 Å². The smallest absolute Gasteiger partial charge is 0.459 e. The number of azide groups is 1. The molecule has 1 aromatic carbocycles. The minimum absolute atomic E-state index is 0.00208. The summed E-state index contributed by atoms with van der Waals surface area (Å²) < 4.78 is 47.9. The third kappa shape index (κ3) is 6.56. The Balaban J connectivity index is 1.59. The maximum Gasteiger partial charge on any atom is 0.459 e. The van der Waals surface area contributed by atoms with E-state index in [-0.39, 0.29) is 18.4 Å². The van der Waals surface area contributed by atoms with Crippen molar-refractivity contribution in [3.8, 4) is 17.2 Å². The number of fused-ring (bicyclic) bond motifs is 1. The number of hydrogen-bond donors (Lipinski definition) is 3. The van der Waals surface area contributed by atoms with Crippen LogP contribution in [0, 0.1) is 0 Å². The molecule has 0 saturated carbocycles. The summed E-state index contributed by atoms with van der Waals surface area (Å²) in [7, 11) is -4.40. The molecule has 4 N–H and O–H groups in total. The summed E-state index contributed by atoms with van der Waals surface area (Å²) in [5.74, 6) is 0.0766. The normalized spacial score (nSPS) is 25.3. The second-order valence-corrected chi connectivity index (χ2v) is 11.4. The molecule has 0 bridgehead atoms. The van der Waals surface area contributed by atoms with Crippen molar-refractivity contribution < 1.29 is 42.5 Å². The number of rotatable bonds is 11. The molecular formula is C23H30N7O10P. The molecule has 222 valence electrons. The van der Waals surface area contributed by atoms with Gasteiger partial charge in [0.1, 0.15) is 29.3 Å².